The summed E-state index contributed by atoms with van der Waals surface area (Å²) in [5.74, 6) is 1.55. The van der Waals surface area contributed by atoms with E-state index in [0.29, 0.717) is 25.8 Å². The number of likely N-dealkylation sites (tertiary alicyclic amines) is 1. The molecule has 4 rings (SSSR count). The van der Waals surface area contributed by atoms with Crippen molar-refractivity contribution in [2.24, 2.45) is 0 Å². The van der Waals surface area contributed by atoms with Crippen LogP contribution in [0.15, 0.2) is 78.9 Å². The van der Waals surface area contributed by atoms with E-state index in [1.807, 2.05) is 77.9 Å². The molecule has 3 aromatic rings. The molecule has 1 aliphatic rings. The van der Waals surface area contributed by atoms with E-state index in [1.165, 1.54) is 0 Å². The molecule has 45 heavy (non-hydrogen) atoms. The molecule has 1 amide bonds. The van der Waals surface area contributed by atoms with E-state index in [4.69, 9.17) is 14.2 Å². The van der Waals surface area contributed by atoms with Gasteiger partial charge in [-0.15, -0.1) is 0 Å². The molecule has 2 atom stereocenters. The summed E-state index contributed by atoms with van der Waals surface area (Å²) in [5, 5.41) is 10.6. The van der Waals surface area contributed by atoms with Crippen LogP contribution in [0.2, 0.25) is 0 Å². The van der Waals surface area contributed by atoms with Gasteiger partial charge < -0.3 is 34.5 Å². The van der Waals surface area contributed by atoms with E-state index < -0.39 is 11.7 Å². The number of carbonyl (C=O) groups is 1. The van der Waals surface area contributed by atoms with Gasteiger partial charge in [-0.25, -0.2) is 0 Å². The molecule has 1 heterocycles. The molecule has 0 unspecified atom stereocenters. The number of rotatable bonds is 17. The predicted molar refractivity (Wildman–Crippen MR) is 169 cm³/mol. The van der Waals surface area contributed by atoms with Crippen molar-refractivity contribution >= 4 is 12.2 Å². The van der Waals surface area contributed by atoms with Gasteiger partial charge in [-0.3, -0.25) is 11.1 Å². The van der Waals surface area contributed by atoms with Crippen molar-refractivity contribution in [3.8, 4) is 11.5 Å². The summed E-state index contributed by atoms with van der Waals surface area (Å²) < 4.78 is 17.9. The number of nitrogens with zero attached hydrogens (tertiary/aromatic N) is 1. The number of aliphatic hydroxyl groups is 1. The van der Waals surface area contributed by atoms with E-state index in [9.17, 15) is 14.7 Å². The number of β-amino-alcohol motifs (C(OH)–C–C–N with tert-alkyl or cyclic N) is 1. The van der Waals surface area contributed by atoms with Crippen LogP contribution in [-0.2, 0) is 19.9 Å². The van der Waals surface area contributed by atoms with E-state index in [1.54, 1.807) is 14.2 Å². The summed E-state index contributed by atoms with van der Waals surface area (Å²) in [6, 6.07) is 25.6. The van der Waals surface area contributed by atoms with Gasteiger partial charge in [-0.1, -0.05) is 86.7 Å². The number of hydrogen-bond donors (Lipinski definition) is 1. The molecule has 0 radical (unpaired) electrons. The summed E-state index contributed by atoms with van der Waals surface area (Å²) in [7, 11) is 3.29. The Bertz CT molecular complexity index is 1220. The largest absolute Gasteiger partial charge is 1.00 e. The van der Waals surface area contributed by atoms with E-state index in [-0.39, 0.29) is 42.9 Å². The number of hydrogen-bond acceptors (Lipinski definition) is 7. The van der Waals surface area contributed by atoms with Gasteiger partial charge >= 0.3 is 18.9 Å². The first kappa shape index (κ1) is 38.1. The summed E-state index contributed by atoms with van der Waals surface area (Å²) in [6.45, 7) is 0.571. The molecule has 3 aromatic carbocycles. The predicted octanol–water partition coefficient (Wildman–Crippen LogP) is 3.03. The van der Waals surface area contributed by atoms with E-state index in [0.717, 1.165) is 66.7 Å². The van der Waals surface area contributed by atoms with Crippen LogP contribution in [-0.4, -0.2) is 67.2 Å². The van der Waals surface area contributed by atoms with Gasteiger partial charge in [-0.2, -0.15) is 6.42 Å². The Balaban J connectivity index is 0.00000353. The smallest absolute Gasteiger partial charge is 0.870 e. The zero-order valence-electron chi connectivity index (χ0n) is 26.8. The zero-order chi connectivity index (χ0) is 30.5. The summed E-state index contributed by atoms with van der Waals surface area (Å²) in [5.41, 5.74) is 1.82. The summed E-state index contributed by atoms with van der Waals surface area (Å²) >= 11 is 0. The van der Waals surface area contributed by atoms with Gasteiger partial charge in [0.15, 0.2) is 0 Å². The Morgan fingerprint density at radius 1 is 0.822 bits per heavy atom. The second-order valence-electron chi connectivity index (χ2n) is 11.2. The number of ether oxygens (including phenoxy) is 3. The Labute approximate surface area is 279 Å². The fourth-order valence-corrected chi connectivity index (χ4v) is 5.98. The molecular formula is C36H45LiNO7-. The molecule has 0 aromatic heterocycles. The first-order valence-electron chi connectivity index (χ1n) is 15.3. The van der Waals surface area contributed by atoms with Crippen molar-refractivity contribution in [3.63, 3.8) is 0 Å². The molecule has 9 heteroatoms. The van der Waals surface area contributed by atoms with Crippen LogP contribution in [0.1, 0.15) is 74.5 Å². The topological polar surface area (TPSA) is 115 Å². The maximum atomic E-state index is 13.3. The Morgan fingerprint density at radius 2 is 1.33 bits per heavy atom. The third-order valence-electron chi connectivity index (χ3n) is 8.30. The first-order valence-corrected chi connectivity index (χ1v) is 15.3. The number of unbranched alkanes of at least 4 members (excludes halogenated alkanes) is 6. The average molecular weight is 611 g/mol. The summed E-state index contributed by atoms with van der Waals surface area (Å²) in [4.78, 5) is 25.5. The van der Waals surface area contributed by atoms with Gasteiger partial charge in [0.1, 0.15) is 17.1 Å². The molecule has 2 N–H and O–H groups in total. The number of methoxy groups -OCH3 is 2. The number of aliphatic hydroxyl groups excluding tert-OH is 1. The van der Waals surface area contributed by atoms with Crippen molar-refractivity contribution in [1.29, 1.82) is 0 Å². The Hall–Kier alpha value is -3.12. The summed E-state index contributed by atoms with van der Waals surface area (Å²) in [6.07, 6.45) is 8.57. The molecule has 0 spiro atoms. The molecule has 0 aliphatic carbocycles. The average Bonchev–Trinajstić information content (AvgIpc) is 3.44. The molecule has 1 saturated heterocycles. The molecular weight excluding hydrogens is 565 g/mol. The monoisotopic (exact) mass is 610 g/mol. The van der Waals surface area contributed by atoms with E-state index >= 15 is 0 Å². The minimum absolute atomic E-state index is 0. The molecule has 1 aliphatic heterocycles. The third kappa shape index (κ3) is 9.93. The van der Waals surface area contributed by atoms with E-state index in [2.05, 4.69) is 12.1 Å². The third-order valence-corrected chi connectivity index (χ3v) is 8.30. The fourth-order valence-electron chi connectivity index (χ4n) is 5.98. The zero-order valence-corrected chi connectivity index (χ0v) is 26.8. The minimum atomic E-state index is -0.982. The Kier molecular flexibility index (Phi) is 16.4. The molecule has 238 valence electrons. The number of benzene rings is 3. The van der Waals surface area contributed by atoms with Crippen LogP contribution in [0.3, 0.4) is 0 Å². The normalized spacial score (nSPS) is 15.9. The standard InChI is InChI=1S/C36H44NO6.Li.H2O/c1-41-33-20-16-29(17-21-33)36(28-13-9-8-10-14-28,30-18-22-34(42-2)23-19-30)43-27-31-25-32(39)26-37(31)35(40)15-11-6-4-3-5-7-12-24-38;;/h8-10,13-14,16-23,31-32,39H,3-7,11-12,15,25-27H2,1-2H3;;1H2/q-1;+1;/p-1/t31-,32+;;/m0../s1. The Morgan fingerprint density at radius 3 is 1.87 bits per heavy atom. The van der Waals surface area contributed by atoms with Crippen molar-refractivity contribution in [2.45, 2.75) is 75.5 Å². The van der Waals surface area contributed by atoms with Crippen LogP contribution in [0.4, 0.5) is 0 Å². The molecule has 1 fully saturated rings. The molecule has 0 bridgehead atoms. The van der Waals surface area contributed by atoms with Crippen molar-refractivity contribution in [3.05, 3.63) is 95.6 Å². The van der Waals surface area contributed by atoms with Gasteiger partial charge in [0.05, 0.1) is 33.0 Å². The van der Waals surface area contributed by atoms with Crippen LogP contribution < -0.4 is 28.3 Å². The second kappa shape index (κ2) is 19.4. The molecule has 0 saturated carbocycles. The number of carbonyl (C=O) groups excluding carboxylic acids is 2. The van der Waals surface area contributed by atoms with Gasteiger partial charge in [0.2, 0.25) is 5.91 Å². The van der Waals surface area contributed by atoms with Crippen molar-refractivity contribution in [1.82, 2.24) is 4.90 Å². The van der Waals surface area contributed by atoms with Crippen LogP contribution in [0.5, 0.6) is 11.5 Å². The van der Waals surface area contributed by atoms with Gasteiger partial charge in [-0.05, 0) is 53.8 Å². The maximum absolute atomic E-state index is 13.3. The minimum Gasteiger partial charge on any atom is -0.870 e. The van der Waals surface area contributed by atoms with Crippen LogP contribution >= 0.6 is 0 Å². The van der Waals surface area contributed by atoms with Gasteiger partial charge in [0.25, 0.3) is 0 Å². The van der Waals surface area contributed by atoms with Gasteiger partial charge in [0, 0.05) is 13.0 Å². The molecule has 8 nitrogen and oxygen atoms in total. The fraction of sp³-hybridized carbons (Fsp3) is 0.444. The van der Waals surface area contributed by atoms with Crippen molar-refractivity contribution in [2.75, 3.05) is 27.4 Å². The second-order valence-corrected chi connectivity index (χ2v) is 11.2. The number of amides is 1. The van der Waals surface area contributed by atoms with Crippen LogP contribution in [0, 0.1) is 0 Å². The first-order chi connectivity index (χ1) is 21.0. The van der Waals surface area contributed by atoms with Crippen LogP contribution in [0.25, 0.3) is 0 Å². The quantitative estimate of drug-likeness (QED) is 0.108. The van der Waals surface area contributed by atoms with Crippen molar-refractivity contribution < 1.29 is 53.2 Å². The maximum Gasteiger partial charge on any atom is 1.00 e. The SMILES string of the molecule is COc1ccc(C(OC[C@@H]2C[C@@H](O)CN2C(=O)CCCCCCCC[C-]=O)(c2ccccc2)c2ccc(OC)cc2)cc1.[Li+].[OH-].